The molecular weight excluding hydrogens is 1920 g/mol. The van der Waals surface area contributed by atoms with Gasteiger partial charge in [-0.25, -0.2) is 8.42 Å². The zero-order valence-corrected chi connectivity index (χ0v) is 88.7. The predicted octanol–water partition coefficient (Wildman–Crippen LogP) is 19.2. The third-order valence-electron chi connectivity index (χ3n) is 30.8. The first kappa shape index (κ1) is 105. The average Bonchev–Trinajstić information content (AvgIpc) is 1.66. The number of halogens is 1. The fraction of sp³-hybridized carbons (Fsp3) is 0.436. The standard InChI is InChI=1S/C22H29N4O.2C20H25N4O.C19H23N4O2S.C19H23N4O.C17H18ClN4O/c1-15-5-4-6-16(13-15)19-14-23-26-12-11-20(25-21(19)26)24-18-9-7-17(8-10-18)22(2,3)27;1-14-4-3-5-15(12-14)17-13-21-24-11-8-18(23-19(17)24)22-16-6-9-20(2,25)10-7-16;1-14-3-2-4-16(11-14)18-12-21-24-10-9-19(23-20(18)24)22-17-7-5-15(13-25)6-8-17;1-14-3-2-4-16(11-14)17-13-21-23-8-5-18(22-19(17)23)20-12-15-6-9-26(24,25)10-7-15;1-13-3-2-4-14(11-13)17-12-20-23-10-9-18(22-19(17)23)21-15-5-7-16(24)8-6-15;18-13-3-1-2-12(10-13)15-11-19-22-7-4-16(21-17(15)22)20-14-5-8-23-9-6-14/h4-6,11-14,17-18,21,27H,7-10H2,1-3H3,(H,24,25);3-5,8,11-13,16,19,25H,6-7,9-10H2,1-2H3,(H,22,23);2-4,9-12,15,17,20,25H,5-8,13H2,1H3,(H,22,23);2-5,8,11,13,15,19H,6-7,9-10,12H2,1H3,(H,20,22);2-4,9-12,15-16,19,24H,5-8H2,1H3,(H,21,22);1-4,7,10-11,14,17H,5-6,8-9H2,(H,20,21)/q6*+1. The molecule has 6 aromatic rings. The lowest BCUT2D eigenvalue weighted by Gasteiger charge is -2.36. The van der Waals surface area contributed by atoms with Crippen molar-refractivity contribution in [1.82, 2.24) is 31.9 Å². The molecule has 14 aliphatic heterocycles. The van der Waals surface area contributed by atoms with E-state index in [-0.39, 0.29) is 43.1 Å². The summed E-state index contributed by atoms with van der Waals surface area (Å²) in [5.74, 6) is 7.21. The number of nitrogens with one attached hydrogen (secondary N) is 6. The molecule has 0 aromatic heterocycles. The molecule has 0 radical (unpaired) electrons. The van der Waals surface area contributed by atoms with Crippen LogP contribution in [0.4, 0.5) is 0 Å². The maximum atomic E-state index is 11.5. The van der Waals surface area contributed by atoms with Crippen molar-refractivity contribution >= 4 is 89.9 Å². The lowest BCUT2D eigenvalue weighted by atomic mass is 9.77. The summed E-state index contributed by atoms with van der Waals surface area (Å²) in [6.45, 7) is 18.9. The summed E-state index contributed by atoms with van der Waals surface area (Å²) in [5, 5.41) is 87.9. The quantitative estimate of drug-likeness (QED) is 0.0428. The highest BCUT2D eigenvalue weighted by molar-refractivity contribution is 7.91. The van der Waals surface area contributed by atoms with Crippen LogP contribution in [0.3, 0.4) is 0 Å². The number of ether oxygens (including phenoxy) is 1. The van der Waals surface area contributed by atoms with E-state index in [2.05, 4.69) is 224 Å². The zero-order valence-electron chi connectivity index (χ0n) is 87.1. The number of aryl methyl sites for hydroxylation is 5. The Morgan fingerprint density at radius 2 is 0.720 bits per heavy atom. The van der Waals surface area contributed by atoms with Gasteiger partial charge in [0.05, 0.1) is 62.3 Å². The Bertz CT molecular complexity index is 6940. The van der Waals surface area contributed by atoms with Crippen molar-refractivity contribution in [2.24, 2.45) is 78.4 Å². The molecule has 6 aromatic carbocycles. The maximum Gasteiger partial charge on any atom is 0.306 e. The molecule has 6 fully saturated rings. The first-order valence-corrected chi connectivity index (χ1v) is 55.7. The lowest BCUT2D eigenvalue weighted by Crippen LogP contribution is -2.43. The van der Waals surface area contributed by atoms with E-state index in [1.54, 1.807) is 0 Å². The van der Waals surface area contributed by atoms with Crippen LogP contribution in [0.2, 0.25) is 5.02 Å². The molecule has 2 saturated heterocycles. The van der Waals surface area contributed by atoms with E-state index in [0.717, 1.165) is 213 Å². The highest BCUT2D eigenvalue weighted by atomic mass is 35.5. The van der Waals surface area contributed by atoms with Crippen molar-refractivity contribution < 1.29 is 61.8 Å². The number of aliphatic imine (C=N–C) groups is 6. The Balaban J connectivity index is 0.000000113. The van der Waals surface area contributed by atoms with Crippen LogP contribution in [0.25, 0.3) is 33.4 Å². The van der Waals surface area contributed by atoms with Crippen molar-refractivity contribution in [2.45, 2.75) is 268 Å². The molecule has 10 N–H and O–H groups in total. The van der Waals surface area contributed by atoms with Crippen LogP contribution >= 0.6 is 11.6 Å². The van der Waals surface area contributed by atoms with Gasteiger partial charge in [-0.15, -0.1) is 0 Å². The monoisotopic (exact) mass is 2060 g/mol. The number of fused-ring (bicyclic) bond motifs is 6. The van der Waals surface area contributed by atoms with E-state index < -0.39 is 21.0 Å². The third-order valence-corrected chi connectivity index (χ3v) is 32.7. The molecule has 31 nitrogen and oxygen atoms in total. The molecule has 0 amide bonds. The molecule has 6 unspecified atom stereocenters. The summed E-state index contributed by atoms with van der Waals surface area (Å²) in [6, 6.07) is 52.2. The third kappa shape index (κ3) is 27.2. The van der Waals surface area contributed by atoms with Gasteiger partial charge in [0, 0.05) is 98.1 Å². The largest absolute Gasteiger partial charge is 0.396 e. The van der Waals surface area contributed by atoms with Crippen molar-refractivity contribution in [2.75, 3.05) is 37.9 Å². The van der Waals surface area contributed by atoms with Crippen LogP contribution in [-0.4, -0.2) is 214 Å². The number of rotatable bonds is 15. The summed E-state index contributed by atoms with van der Waals surface area (Å²) < 4.78 is 39.9. The molecule has 6 atom stereocenters. The Labute approximate surface area is 885 Å². The molecule has 780 valence electrons. The summed E-state index contributed by atoms with van der Waals surface area (Å²) in [5.41, 5.74) is 18.7. The van der Waals surface area contributed by atoms with Crippen LogP contribution < -0.4 is 31.9 Å². The average molecular weight is 2070 g/mol. The molecule has 33 heteroatoms. The number of aliphatic hydroxyl groups excluding tert-OH is 2. The number of sulfone groups is 1. The summed E-state index contributed by atoms with van der Waals surface area (Å²) >= 11 is 6.11. The minimum Gasteiger partial charge on any atom is -0.396 e. The Morgan fingerprint density at radius 3 is 1.07 bits per heavy atom. The first-order chi connectivity index (χ1) is 72.6. The predicted molar refractivity (Wildman–Crippen MR) is 588 cm³/mol. The molecule has 18 aliphatic rings. The number of amidine groups is 6. The molecule has 4 saturated carbocycles. The number of hydrogen-bond acceptors (Lipinski definition) is 24. The normalized spacial score (nSPS) is 27.6. The molecule has 24 rings (SSSR count). The van der Waals surface area contributed by atoms with Gasteiger partial charge in [-0.05, 0) is 278 Å². The number of nitrogens with zero attached hydrogens (tertiary/aromatic N) is 18. The second kappa shape index (κ2) is 47.9. The van der Waals surface area contributed by atoms with E-state index >= 15 is 0 Å². The SMILES string of the molecule is Cc1cccc(C2=CN=[N+]3C=CC(=NCC4CCS(=O)(=O)CC4)NC23)c1.Cc1cccc(C2=CN=[N+]3C=CC(NC4CCC(C(C)(C)O)CC4)=NC23)c1.Cc1cccc(C2=CN=[N+]3C=CC(NC4CCC(C)(O)CC4)=NC23)c1.Cc1cccc(C2=CN=[N+]3C=CC(NC4CCC(CO)CC4)=NC23)c1.Cc1cccc(C2=CN=[N+]3C=CC(NC4CCC(O)CC4)=NC23)c1.Clc1cccc(C2=CN=[N+]3C=CC(NC4CCOCC4)=NC23)c1. The number of hydrogen-bond donors (Lipinski definition) is 10. The smallest absolute Gasteiger partial charge is 0.306 e. The fourth-order valence-corrected chi connectivity index (χ4v) is 23.6. The lowest BCUT2D eigenvalue weighted by molar-refractivity contribution is -0.548. The minimum atomic E-state index is -2.82. The number of aliphatic hydroxyl groups is 4. The fourth-order valence-electron chi connectivity index (χ4n) is 21.8. The highest BCUT2D eigenvalue weighted by Crippen LogP contribution is 2.40. The van der Waals surface area contributed by atoms with Gasteiger partial charge in [-0.2, -0.15) is 25.0 Å². The van der Waals surface area contributed by atoms with Crippen molar-refractivity contribution in [3.8, 4) is 0 Å². The van der Waals surface area contributed by atoms with E-state index in [0.29, 0.717) is 85.5 Å². The topological polar surface area (TPSA) is 363 Å². The van der Waals surface area contributed by atoms with Crippen molar-refractivity contribution in [3.05, 3.63) is 323 Å². The summed E-state index contributed by atoms with van der Waals surface area (Å²) in [4.78, 5) is 29.1. The summed E-state index contributed by atoms with van der Waals surface area (Å²) in [6.07, 6.45) is 53.9. The van der Waals surface area contributed by atoms with E-state index in [1.165, 1.54) is 50.1 Å². The van der Waals surface area contributed by atoms with Crippen LogP contribution in [0.5, 0.6) is 0 Å². The minimum absolute atomic E-state index is 0.0488. The Morgan fingerprint density at radius 1 is 0.407 bits per heavy atom. The van der Waals surface area contributed by atoms with Gasteiger partial charge >= 0.3 is 30.8 Å². The van der Waals surface area contributed by atoms with Crippen LogP contribution in [-0.2, 0) is 14.6 Å². The van der Waals surface area contributed by atoms with Gasteiger partial charge in [0.25, 0.3) is 6.17 Å². The molecule has 150 heavy (non-hydrogen) atoms. The van der Waals surface area contributed by atoms with E-state index in [9.17, 15) is 28.8 Å². The van der Waals surface area contributed by atoms with Gasteiger partial charge in [-0.3, -0.25) is 4.99 Å². The van der Waals surface area contributed by atoms with Crippen LogP contribution in [0.1, 0.15) is 210 Å². The molecular formula is C117H143ClN24O7S+6. The maximum absolute atomic E-state index is 11.5. The van der Waals surface area contributed by atoms with E-state index in [4.69, 9.17) is 41.3 Å². The van der Waals surface area contributed by atoms with Gasteiger partial charge in [0.1, 0.15) is 82.1 Å². The highest BCUT2D eigenvalue weighted by Gasteiger charge is 2.44. The molecule has 14 heterocycles. The van der Waals surface area contributed by atoms with Crippen LogP contribution in [0, 0.1) is 52.4 Å². The molecule has 4 aliphatic carbocycles. The second-order valence-electron chi connectivity index (χ2n) is 43.0. The Kier molecular flexibility index (Phi) is 33.6. The van der Waals surface area contributed by atoms with Gasteiger partial charge in [-0.1, -0.05) is 201 Å². The van der Waals surface area contributed by atoms with Gasteiger partial charge in [0.2, 0.25) is 37.2 Å². The van der Waals surface area contributed by atoms with E-state index in [1.807, 2.05) is 184 Å². The number of benzene rings is 6. The molecule has 0 bridgehead atoms. The van der Waals surface area contributed by atoms with Gasteiger partial charge in [0.15, 0.2) is 0 Å². The zero-order chi connectivity index (χ0) is 104. The summed E-state index contributed by atoms with van der Waals surface area (Å²) in [7, 11) is -2.82. The van der Waals surface area contributed by atoms with Gasteiger partial charge < -0.3 is 57.1 Å². The van der Waals surface area contributed by atoms with Crippen LogP contribution in [0.15, 0.2) is 317 Å². The number of azo groups is 12. The van der Waals surface area contributed by atoms with Crippen molar-refractivity contribution in [1.29, 1.82) is 0 Å². The Hall–Kier alpha value is -13.3. The molecule has 0 spiro atoms. The first-order valence-electron chi connectivity index (χ1n) is 53.5. The van der Waals surface area contributed by atoms with Crippen molar-refractivity contribution in [3.63, 3.8) is 0 Å². The second-order valence-corrected chi connectivity index (χ2v) is 45.8.